The molecule has 4 aromatic heterocycles. The molecule has 0 saturated heterocycles. The van der Waals surface area contributed by atoms with E-state index in [1.807, 2.05) is 19.1 Å². The molecule has 0 radical (unpaired) electrons. The lowest BCUT2D eigenvalue weighted by atomic mass is 10.2. The lowest BCUT2D eigenvalue weighted by molar-refractivity contribution is 0.968. The highest BCUT2D eigenvalue weighted by atomic mass is 32.1. The number of nitrogen functional groups attached to an aromatic ring is 1. The van der Waals surface area contributed by atoms with Crippen LogP contribution in [0.5, 0.6) is 0 Å². The fourth-order valence-corrected chi connectivity index (χ4v) is 3.72. The predicted octanol–water partition coefficient (Wildman–Crippen LogP) is 2.26. The summed E-state index contributed by atoms with van der Waals surface area (Å²) in [6.45, 7) is 1.92. The summed E-state index contributed by atoms with van der Waals surface area (Å²) >= 11 is 2.72. The van der Waals surface area contributed by atoms with Gasteiger partial charge in [0.25, 0.3) is 0 Å². The highest BCUT2D eigenvalue weighted by Crippen LogP contribution is 2.35. The average molecular weight is 315 g/mol. The number of anilines is 1. The Balaban J connectivity index is 1.91. The Morgan fingerprint density at radius 2 is 2.19 bits per heavy atom. The molecule has 0 fully saturated rings. The number of hydrogen-bond acceptors (Lipinski definition) is 8. The molecule has 0 spiro atoms. The first-order valence-electron chi connectivity index (χ1n) is 6.09. The number of rotatable bonds is 2. The number of aryl methyl sites for hydroxylation is 1. The Labute approximate surface area is 127 Å². The summed E-state index contributed by atoms with van der Waals surface area (Å²) in [5.74, 6) is 0.667. The predicted molar refractivity (Wildman–Crippen MR) is 82.1 cm³/mol. The Morgan fingerprint density at radius 1 is 1.29 bits per heavy atom. The van der Waals surface area contributed by atoms with Gasteiger partial charge in [0.1, 0.15) is 5.00 Å². The van der Waals surface area contributed by atoms with E-state index in [1.165, 1.54) is 22.9 Å². The van der Waals surface area contributed by atoms with Crippen LogP contribution in [0, 0.1) is 6.92 Å². The second-order valence-electron chi connectivity index (χ2n) is 4.37. The molecule has 21 heavy (non-hydrogen) atoms. The van der Waals surface area contributed by atoms with Gasteiger partial charge in [-0.15, -0.1) is 10.2 Å². The van der Waals surface area contributed by atoms with Crippen molar-refractivity contribution in [2.75, 3.05) is 5.73 Å². The van der Waals surface area contributed by atoms with Crippen molar-refractivity contribution in [2.45, 2.75) is 6.92 Å². The maximum atomic E-state index is 5.98. The topological polar surface area (TPSA) is 94.9 Å². The summed E-state index contributed by atoms with van der Waals surface area (Å²) in [6, 6.07) is 3.78. The minimum atomic E-state index is 0.667. The zero-order valence-corrected chi connectivity index (χ0v) is 12.5. The van der Waals surface area contributed by atoms with Crippen molar-refractivity contribution in [3.63, 3.8) is 0 Å². The Morgan fingerprint density at radius 3 is 2.90 bits per heavy atom. The van der Waals surface area contributed by atoms with E-state index in [4.69, 9.17) is 5.73 Å². The fourth-order valence-electron chi connectivity index (χ4n) is 2.04. The van der Waals surface area contributed by atoms with Gasteiger partial charge in [0.05, 0.1) is 11.3 Å². The van der Waals surface area contributed by atoms with Gasteiger partial charge in [-0.1, -0.05) is 11.3 Å². The van der Waals surface area contributed by atoms with Crippen molar-refractivity contribution < 1.29 is 0 Å². The minimum absolute atomic E-state index is 0.667. The molecule has 0 bridgehead atoms. The first-order chi connectivity index (χ1) is 10.2. The first kappa shape index (κ1) is 12.4. The highest BCUT2D eigenvalue weighted by Gasteiger charge is 2.18. The van der Waals surface area contributed by atoms with Crippen molar-refractivity contribution >= 4 is 32.8 Å². The van der Waals surface area contributed by atoms with Gasteiger partial charge in [0, 0.05) is 18.0 Å². The molecule has 0 unspecified atom stereocenters. The number of aromatic nitrogens is 6. The normalized spacial score (nSPS) is 11.3. The lowest BCUT2D eigenvalue weighted by Crippen LogP contribution is -1.92. The number of nitrogens with two attached hydrogens (primary N) is 1. The average Bonchev–Trinajstić information content (AvgIpc) is 3.14. The van der Waals surface area contributed by atoms with E-state index in [0.29, 0.717) is 15.8 Å². The van der Waals surface area contributed by atoms with Crippen molar-refractivity contribution in [1.82, 2.24) is 29.2 Å². The van der Waals surface area contributed by atoms with Crippen LogP contribution in [0.25, 0.3) is 26.9 Å². The molecule has 0 saturated carbocycles. The quantitative estimate of drug-likeness (QED) is 0.609. The van der Waals surface area contributed by atoms with E-state index in [-0.39, 0.29) is 0 Å². The SMILES string of the molecule is Cc1nsc(N)c1-c1nn2c(-c3cccnc3)nnc2s1. The van der Waals surface area contributed by atoms with Crippen LogP contribution >= 0.6 is 22.9 Å². The summed E-state index contributed by atoms with van der Waals surface area (Å²) < 4.78 is 5.97. The van der Waals surface area contributed by atoms with Gasteiger partial charge >= 0.3 is 0 Å². The maximum Gasteiger partial charge on any atom is 0.235 e. The molecule has 0 amide bonds. The van der Waals surface area contributed by atoms with E-state index in [1.54, 1.807) is 16.9 Å². The molecule has 0 aromatic carbocycles. The second-order valence-corrected chi connectivity index (χ2v) is 6.14. The zero-order valence-electron chi connectivity index (χ0n) is 10.9. The van der Waals surface area contributed by atoms with E-state index in [9.17, 15) is 0 Å². The molecular weight excluding hydrogens is 306 g/mol. The fraction of sp³-hybridized carbons (Fsp3) is 0.0833. The molecule has 0 aliphatic heterocycles. The summed E-state index contributed by atoms with van der Waals surface area (Å²) in [6.07, 6.45) is 3.45. The standard InChI is InChI=1S/C12H9N7S2/c1-6-8(9(13)21-18-6)11-17-19-10(15-16-12(19)20-11)7-3-2-4-14-5-7/h2-5H,13H2,1H3. The molecule has 4 aromatic rings. The highest BCUT2D eigenvalue weighted by molar-refractivity contribution is 7.20. The molecule has 4 rings (SSSR count). The summed E-state index contributed by atoms with van der Waals surface area (Å²) in [5, 5.41) is 14.4. The summed E-state index contributed by atoms with van der Waals surface area (Å²) in [7, 11) is 0. The molecule has 9 heteroatoms. The zero-order chi connectivity index (χ0) is 14.4. The largest absolute Gasteiger partial charge is 0.389 e. The smallest absolute Gasteiger partial charge is 0.235 e. The van der Waals surface area contributed by atoms with Crippen molar-refractivity contribution in [3.05, 3.63) is 30.2 Å². The van der Waals surface area contributed by atoms with Crippen LogP contribution < -0.4 is 5.73 Å². The number of fused-ring (bicyclic) bond motifs is 1. The van der Waals surface area contributed by atoms with Gasteiger partial charge in [0.15, 0.2) is 10.8 Å². The summed E-state index contributed by atoms with van der Waals surface area (Å²) in [5.41, 5.74) is 8.61. The van der Waals surface area contributed by atoms with Gasteiger partial charge in [-0.2, -0.15) is 14.0 Å². The number of nitrogens with zero attached hydrogens (tertiary/aromatic N) is 6. The van der Waals surface area contributed by atoms with Crippen molar-refractivity contribution in [2.24, 2.45) is 0 Å². The van der Waals surface area contributed by atoms with Gasteiger partial charge in [-0.25, -0.2) is 0 Å². The molecule has 104 valence electrons. The molecule has 0 atom stereocenters. The maximum absolute atomic E-state index is 5.98. The van der Waals surface area contributed by atoms with E-state index in [0.717, 1.165) is 21.8 Å². The van der Waals surface area contributed by atoms with Gasteiger partial charge in [0.2, 0.25) is 4.96 Å². The van der Waals surface area contributed by atoms with Crippen LogP contribution in [-0.2, 0) is 0 Å². The van der Waals surface area contributed by atoms with E-state index >= 15 is 0 Å². The third-order valence-electron chi connectivity index (χ3n) is 3.01. The number of pyridine rings is 1. The van der Waals surface area contributed by atoms with Crippen LogP contribution in [0.3, 0.4) is 0 Å². The van der Waals surface area contributed by atoms with Gasteiger partial charge in [-0.05, 0) is 30.6 Å². The van der Waals surface area contributed by atoms with Crippen molar-refractivity contribution in [3.8, 4) is 22.0 Å². The van der Waals surface area contributed by atoms with Crippen LogP contribution in [-0.4, -0.2) is 29.2 Å². The first-order valence-corrected chi connectivity index (χ1v) is 7.68. The van der Waals surface area contributed by atoms with E-state index < -0.39 is 0 Å². The van der Waals surface area contributed by atoms with Gasteiger partial charge < -0.3 is 5.73 Å². The van der Waals surface area contributed by atoms with E-state index in [2.05, 4.69) is 24.7 Å². The third kappa shape index (κ3) is 1.89. The molecule has 4 heterocycles. The van der Waals surface area contributed by atoms with Crippen molar-refractivity contribution in [1.29, 1.82) is 0 Å². The molecule has 7 nitrogen and oxygen atoms in total. The van der Waals surface area contributed by atoms with Crippen LogP contribution in [0.1, 0.15) is 5.69 Å². The molecule has 0 aliphatic rings. The molecule has 0 aliphatic carbocycles. The van der Waals surface area contributed by atoms with Gasteiger partial charge in [-0.3, -0.25) is 4.98 Å². The third-order valence-corrected chi connectivity index (χ3v) is 4.70. The monoisotopic (exact) mass is 315 g/mol. The number of hydrogen-bond donors (Lipinski definition) is 1. The van der Waals surface area contributed by atoms with Crippen LogP contribution in [0.4, 0.5) is 5.00 Å². The minimum Gasteiger partial charge on any atom is -0.389 e. The molecular formula is C12H9N7S2. The van der Waals surface area contributed by atoms with Crippen LogP contribution in [0.2, 0.25) is 0 Å². The lowest BCUT2D eigenvalue weighted by Gasteiger charge is -1.96. The molecule has 2 N–H and O–H groups in total. The Kier molecular flexibility index (Phi) is 2.69. The second kappa shape index (κ2) is 4.57. The Hall–Kier alpha value is -2.39. The van der Waals surface area contributed by atoms with Crippen LogP contribution in [0.15, 0.2) is 24.5 Å². The Bertz CT molecular complexity index is 902. The summed E-state index contributed by atoms with van der Waals surface area (Å²) in [4.78, 5) is 4.82.